The number of carbonyl (C=O) groups is 5. The number of carboxylic acid groups (broad SMARTS) is 2. The molecule has 32 heavy (non-hydrogen) atoms. The maximum absolute atomic E-state index is 11.9. The molecular weight excluding hydrogens is 422 g/mol. The summed E-state index contributed by atoms with van der Waals surface area (Å²) in [6, 6.07) is -3.20. The van der Waals surface area contributed by atoms with E-state index in [1.165, 1.54) is 9.80 Å². The van der Waals surface area contributed by atoms with Crippen LogP contribution in [-0.2, 0) is 24.0 Å². The molecule has 4 saturated heterocycles. The van der Waals surface area contributed by atoms with Gasteiger partial charge in [-0.3, -0.25) is 14.4 Å². The summed E-state index contributed by atoms with van der Waals surface area (Å²) in [7, 11) is 0. The van der Waals surface area contributed by atoms with Crippen LogP contribution in [0.2, 0.25) is 0 Å². The number of fused-ring (bicyclic) bond motifs is 2. The summed E-state index contributed by atoms with van der Waals surface area (Å²) >= 11 is 0. The molecule has 0 saturated carbocycles. The van der Waals surface area contributed by atoms with E-state index < -0.39 is 59.9 Å². The highest BCUT2D eigenvalue weighted by Gasteiger charge is 2.51. The first-order valence-corrected chi connectivity index (χ1v) is 10.9. The van der Waals surface area contributed by atoms with Crippen molar-refractivity contribution in [2.24, 2.45) is 29.0 Å². The van der Waals surface area contributed by atoms with Crippen LogP contribution in [0, 0.1) is 11.8 Å². The van der Waals surface area contributed by atoms with Crippen LogP contribution in [0.4, 0.5) is 0 Å². The quantitative estimate of drug-likeness (QED) is 0.321. The minimum atomic E-state index is -1.06. The molecule has 4 rings (SSSR count). The van der Waals surface area contributed by atoms with Crippen molar-refractivity contribution in [3.8, 4) is 0 Å². The van der Waals surface area contributed by atoms with Gasteiger partial charge in [-0.1, -0.05) is 6.92 Å². The third-order valence-electron chi connectivity index (χ3n) is 7.19. The standard InChI is InChI=1S/C10H15N3O4.C10H16N2O3/c11-5-3-4(8(12)14)6-1-2-7(10(16)17)13(6)9(5)15;1-5-4-6(11)9(13)12-7(5)2-3-8(12)10(14)15/h4-7H,1-3,11H2,(H2,12,14)(H,16,17);5-8H,2-4,11H2,1H3,(H,14,15). The van der Waals surface area contributed by atoms with E-state index in [2.05, 4.69) is 0 Å². The Morgan fingerprint density at radius 1 is 0.812 bits per heavy atom. The molecule has 4 fully saturated rings. The molecule has 8 unspecified atom stereocenters. The van der Waals surface area contributed by atoms with E-state index >= 15 is 0 Å². The van der Waals surface area contributed by atoms with Gasteiger partial charge in [0, 0.05) is 12.1 Å². The molecule has 12 heteroatoms. The van der Waals surface area contributed by atoms with Gasteiger partial charge in [-0.25, -0.2) is 9.59 Å². The van der Waals surface area contributed by atoms with Crippen LogP contribution in [0.15, 0.2) is 0 Å². The highest BCUT2D eigenvalue weighted by atomic mass is 16.4. The molecule has 0 spiro atoms. The van der Waals surface area contributed by atoms with Gasteiger partial charge in [-0.15, -0.1) is 0 Å². The molecule has 0 aromatic heterocycles. The molecular formula is C20H31N5O7. The van der Waals surface area contributed by atoms with Crippen molar-refractivity contribution < 1.29 is 34.2 Å². The van der Waals surface area contributed by atoms with E-state index in [-0.39, 0.29) is 18.4 Å². The van der Waals surface area contributed by atoms with Crippen molar-refractivity contribution in [2.75, 3.05) is 0 Å². The minimum Gasteiger partial charge on any atom is -0.480 e. The van der Waals surface area contributed by atoms with E-state index in [4.69, 9.17) is 27.4 Å². The van der Waals surface area contributed by atoms with E-state index in [0.717, 1.165) is 6.42 Å². The van der Waals surface area contributed by atoms with Crippen molar-refractivity contribution in [1.29, 1.82) is 0 Å². The van der Waals surface area contributed by atoms with Gasteiger partial charge in [0.1, 0.15) is 12.1 Å². The SMILES string of the molecule is CC1CC(N)C(=O)N2C(C(=O)O)CCC12.NC(=O)C1CC(N)C(=O)N2C(C(=O)O)CCC12. The number of amides is 3. The van der Waals surface area contributed by atoms with Crippen molar-refractivity contribution in [2.45, 2.75) is 81.7 Å². The molecule has 0 radical (unpaired) electrons. The molecule has 3 amide bonds. The van der Waals surface area contributed by atoms with Crippen molar-refractivity contribution in [3.63, 3.8) is 0 Å². The second kappa shape index (κ2) is 9.02. The fraction of sp³-hybridized carbons (Fsp3) is 0.750. The van der Waals surface area contributed by atoms with Gasteiger partial charge >= 0.3 is 11.9 Å². The van der Waals surface area contributed by atoms with Gasteiger partial charge in [0.25, 0.3) is 0 Å². The zero-order valence-electron chi connectivity index (χ0n) is 17.9. The van der Waals surface area contributed by atoms with Crippen molar-refractivity contribution >= 4 is 29.7 Å². The number of nitrogens with two attached hydrogens (primary N) is 3. The predicted molar refractivity (Wildman–Crippen MR) is 110 cm³/mol. The second-order valence-corrected chi connectivity index (χ2v) is 9.16. The number of nitrogens with zero attached hydrogens (tertiary/aromatic N) is 2. The molecule has 0 bridgehead atoms. The average molecular weight is 453 g/mol. The van der Waals surface area contributed by atoms with Gasteiger partial charge < -0.3 is 37.2 Å². The number of primary amides is 1. The zero-order valence-corrected chi connectivity index (χ0v) is 17.9. The summed E-state index contributed by atoms with van der Waals surface area (Å²) in [6.07, 6.45) is 3.07. The van der Waals surface area contributed by atoms with Crippen LogP contribution < -0.4 is 17.2 Å². The molecule has 4 heterocycles. The minimum absolute atomic E-state index is 0.0819. The number of hydrogen-bond donors (Lipinski definition) is 5. The van der Waals surface area contributed by atoms with Gasteiger partial charge in [0.2, 0.25) is 17.7 Å². The van der Waals surface area contributed by atoms with E-state index in [1.54, 1.807) is 0 Å². The molecule has 0 aromatic rings. The lowest BCUT2D eigenvalue weighted by Crippen LogP contribution is -2.60. The number of carbonyl (C=O) groups excluding carboxylic acids is 3. The number of piperidine rings is 2. The molecule has 8 atom stereocenters. The normalized spacial score (nSPS) is 38.5. The Bertz CT molecular complexity index is 820. The van der Waals surface area contributed by atoms with Crippen LogP contribution in [0.1, 0.15) is 45.4 Å². The van der Waals surface area contributed by atoms with Crippen molar-refractivity contribution in [1.82, 2.24) is 9.80 Å². The smallest absolute Gasteiger partial charge is 0.326 e. The van der Waals surface area contributed by atoms with E-state index in [1.807, 2.05) is 6.92 Å². The number of hydrogen-bond acceptors (Lipinski definition) is 7. The molecule has 12 nitrogen and oxygen atoms in total. The summed E-state index contributed by atoms with van der Waals surface area (Å²) < 4.78 is 0. The first-order chi connectivity index (χ1) is 15.0. The molecule has 4 aliphatic rings. The second-order valence-electron chi connectivity index (χ2n) is 9.16. The summed E-state index contributed by atoms with van der Waals surface area (Å²) in [5.74, 6) is -3.30. The maximum atomic E-state index is 11.9. The summed E-state index contributed by atoms with van der Waals surface area (Å²) in [4.78, 5) is 59.7. The monoisotopic (exact) mass is 453 g/mol. The summed E-state index contributed by atoms with van der Waals surface area (Å²) in [5.41, 5.74) is 16.6. The fourth-order valence-electron chi connectivity index (χ4n) is 5.63. The average Bonchev–Trinajstić information content (AvgIpc) is 3.34. The van der Waals surface area contributed by atoms with Gasteiger partial charge in [-0.05, 0) is 44.4 Å². The Kier molecular flexibility index (Phi) is 6.75. The Labute approximate surface area is 185 Å². The highest BCUT2D eigenvalue weighted by Crippen LogP contribution is 2.36. The van der Waals surface area contributed by atoms with Crippen LogP contribution in [0.3, 0.4) is 0 Å². The van der Waals surface area contributed by atoms with Crippen LogP contribution in [0.25, 0.3) is 0 Å². The van der Waals surface area contributed by atoms with Crippen LogP contribution >= 0.6 is 0 Å². The number of rotatable bonds is 3. The molecule has 0 aromatic carbocycles. The molecule has 0 aliphatic carbocycles. The van der Waals surface area contributed by atoms with Gasteiger partial charge in [0.05, 0.1) is 18.0 Å². The lowest BCUT2D eigenvalue weighted by atomic mass is 9.86. The molecule has 8 N–H and O–H groups in total. The Balaban J connectivity index is 0.000000182. The first kappa shape index (κ1) is 23.9. The Morgan fingerprint density at radius 3 is 1.72 bits per heavy atom. The number of carboxylic acids is 2. The Morgan fingerprint density at radius 2 is 1.25 bits per heavy atom. The van der Waals surface area contributed by atoms with Gasteiger partial charge in [-0.2, -0.15) is 0 Å². The molecule has 4 aliphatic heterocycles. The van der Waals surface area contributed by atoms with Gasteiger partial charge in [0.15, 0.2) is 0 Å². The zero-order chi connectivity index (χ0) is 23.9. The van der Waals surface area contributed by atoms with Crippen molar-refractivity contribution in [3.05, 3.63) is 0 Å². The highest BCUT2D eigenvalue weighted by molar-refractivity contribution is 5.91. The van der Waals surface area contributed by atoms with Crippen LogP contribution in [-0.4, -0.2) is 85.9 Å². The van der Waals surface area contributed by atoms with Crippen LogP contribution in [0.5, 0.6) is 0 Å². The van der Waals surface area contributed by atoms with E-state index in [0.29, 0.717) is 31.6 Å². The third-order valence-corrected chi connectivity index (χ3v) is 7.19. The largest absolute Gasteiger partial charge is 0.480 e. The topological polar surface area (TPSA) is 210 Å². The summed E-state index contributed by atoms with van der Waals surface area (Å²) in [6.45, 7) is 2.04. The third kappa shape index (κ3) is 4.16. The molecule has 178 valence electrons. The maximum Gasteiger partial charge on any atom is 0.326 e. The number of aliphatic carboxylic acids is 2. The fourth-order valence-corrected chi connectivity index (χ4v) is 5.63. The summed E-state index contributed by atoms with van der Waals surface area (Å²) in [5, 5.41) is 18.0. The lowest BCUT2D eigenvalue weighted by molar-refractivity contribution is -0.154. The Hall–Kier alpha value is -2.73. The van der Waals surface area contributed by atoms with E-state index in [9.17, 15) is 24.0 Å². The first-order valence-electron chi connectivity index (χ1n) is 10.9. The predicted octanol–water partition coefficient (Wildman–Crippen LogP) is -1.94. The lowest BCUT2D eigenvalue weighted by Gasteiger charge is -2.39.